The van der Waals surface area contributed by atoms with E-state index >= 15 is 0 Å². The molecule has 0 amide bonds. The van der Waals surface area contributed by atoms with Crippen LogP contribution in [0.3, 0.4) is 0 Å². The molecule has 0 bridgehead atoms. The fourth-order valence-electron chi connectivity index (χ4n) is 3.33. The number of halogens is 1. The molecule has 28 heavy (non-hydrogen) atoms. The van der Waals surface area contributed by atoms with Gasteiger partial charge in [0.15, 0.2) is 0 Å². The molecule has 3 aromatic carbocycles. The van der Waals surface area contributed by atoms with Crippen molar-refractivity contribution in [2.75, 3.05) is 7.05 Å². The summed E-state index contributed by atoms with van der Waals surface area (Å²) < 4.78 is 13.2. The number of fused-ring (bicyclic) bond motifs is 1. The van der Waals surface area contributed by atoms with E-state index in [1.54, 1.807) is 12.1 Å². The van der Waals surface area contributed by atoms with Crippen molar-refractivity contribution in [3.05, 3.63) is 84.2 Å². The molecule has 4 rings (SSSR count). The smallest absolute Gasteiger partial charge is 0.123 e. The Kier molecular flexibility index (Phi) is 7.50. The van der Waals surface area contributed by atoms with Gasteiger partial charge in [-0.15, -0.1) is 0 Å². The van der Waals surface area contributed by atoms with Gasteiger partial charge in [-0.25, -0.2) is 4.39 Å². The van der Waals surface area contributed by atoms with E-state index in [1.165, 1.54) is 41.3 Å². The minimum atomic E-state index is -0.215. The Balaban J connectivity index is 0.000000906. The monoisotopic (exact) mass is 378 g/mol. The molecule has 1 aromatic heterocycles. The van der Waals surface area contributed by atoms with Gasteiger partial charge in [0, 0.05) is 16.6 Å². The zero-order chi connectivity index (χ0) is 19.2. The quantitative estimate of drug-likeness (QED) is 0.494. The Bertz CT molecular complexity index is 1010. The van der Waals surface area contributed by atoms with Crippen LogP contribution in [-0.2, 0) is 6.42 Å². The Labute approximate surface area is 165 Å². The van der Waals surface area contributed by atoms with Crippen LogP contribution in [0.4, 0.5) is 4.39 Å². The second kappa shape index (κ2) is 9.83. The number of nitrogens with one attached hydrogen (secondary N) is 1. The van der Waals surface area contributed by atoms with Gasteiger partial charge >= 0.3 is 0 Å². The number of benzene rings is 3. The first-order valence-electron chi connectivity index (χ1n) is 9.29. The lowest BCUT2D eigenvalue weighted by Gasteiger charge is -2.05. The first kappa shape index (κ1) is 21.4. The summed E-state index contributed by atoms with van der Waals surface area (Å²) >= 11 is 0. The third-order valence-corrected chi connectivity index (χ3v) is 4.62. The van der Waals surface area contributed by atoms with E-state index in [0.29, 0.717) is 0 Å². The van der Waals surface area contributed by atoms with Crippen LogP contribution in [0.25, 0.3) is 33.3 Å². The molecular weight excluding hydrogens is 351 g/mol. The molecule has 1 heterocycles. The van der Waals surface area contributed by atoms with Gasteiger partial charge in [0.05, 0.1) is 0 Å². The fraction of sp³-hybridized carbons (Fsp3) is 0.167. The summed E-state index contributed by atoms with van der Waals surface area (Å²) in [6.45, 7) is 2.20. The molecule has 0 radical (unpaired) electrons. The molecule has 0 aliphatic rings. The molecule has 0 unspecified atom stereocenters. The van der Waals surface area contributed by atoms with E-state index in [0.717, 1.165) is 29.6 Å². The highest BCUT2D eigenvalue weighted by molar-refractivity contribution is 5.98. The normalized spacial score (nSPS) is 10.1. The maximum Gasteiger partial charge on any atom is 0.123 e. The Morgan fingerprint density at radius 1 is 0.857 bits per heavy atom. The maximum atomic E-state index is 13.2. The summed E-state index contributed by atoms with van der Waals surface area (Å²) in [5.74, 6) is -0.215. The standard InChI is InChI=1S/C23H20FN.CH5N.H2O/c1-2-4-16-7-9-17(10-8-16)20-5-3-6-22-21(20)15-23(25-22)18-11-13-19(24)14-12-18;1-2;/h3,5-15,25H,2,4H2,1H3;2H2,1H3;1H2. The van der Waals surface area contributed by atoms with Crippen molar-refractivity contribution < 1.29 is 9.87 Å². The number of aryl methyl sites for hydroxylation is 1. The molecule has 0 spiro atoms. The second-order valence-electron chi connectivity index (χ2n) is 6.40. The third kappa shape index (κ3) is 4.47. The predicted octanol–water partition coefficient (Wildman–Crippen LogP) is 5.34. The van der Waals surface area contributed by atoms with Crippen molar-refractivity contribution in [1.82, 2.24) is 4.98 Å². The van der Waals surface area contributed by atoms with E-state index in [9.17, 15) is 4.39 Å². The summed E-state index contributed by atoms with van der Waals surface area (Å²) in [6.07, 6.45) is 2.27. The van der Waals surface area contributed by atoms with Crippen LogP contribution in [0.2, 0.25) is 0 Å². The Hall–Kier alpha value is -2.95. The highest BCUT2D eigenvalue weighted by atomic mass is 19.1. The zero-order valence-electron chi connectivity index (χ0n) is 16.3. The molecule has 4 aromatic rings. The lowest BCUT2D eigenvalue weighted by Crippen LogP contribution is -1.84. The Morgan fingerprint density at radius 3 is 2.14 bits per heavy atom. The molecule has 0 saturated carbocycles. The molecule has 0 atom stereocenters. The number of H-pyrrole nitrogens is 1. The molecule has 3 nitrogen and oxygen atoms in total. The molecule has 146 valence electrons. The van der Waals surface area contributed by atoms with Gasteiger partial charge < -0.3 is 16.2 Å². The highest BCUT2D eigenvalue weighted by Gasteiger charge is 2.09. The third-order valence-electron chi connectivity index (χ3n) is 4.62. The van der Waals surface area contributed by atoms with Crippen molar-refractivity contribution in [2.45, 2.75) is 19.8 Å². The molecule has 0 fully saturated rings. The average Bonchev–Trinajstić information content (AvgIpc) is 3.15. The van der Waals surface area contributed by atoms with Gasteiger partial charge in [-0.3, -0.25) is 0 Å². The molecule has 4 heteroatoms. The van der Waals surface area contributed by atoms with E-state index in [-0.39, 0.29) is 11.3 Å². The number of nitrogens with two attached hydrogens (primary N) is 1. The molecule has 0 saturated heterocycles. The molecule has 0 aliphatic heterocycles. The summed E-state index contributed by atoms with van der Waals surface area (Å²) in [5, 5.41) is 1.19. The van der Waals surface area contributed by atoms with E-state index in [4.69, 9.17) is 0 Å². The van der Waals surface area contributed by atoms with Gasteiger partial charge in [-0.2, -0.15) is 0 Å². The van der Waals surface area contributed by atoms with Crippen molar-refractivity contribution >= 4 is 10.9 Å². The summed E-state index contributed by atoms with van der Waals surface area (Å²) in [4.78, 5) is 3.45. The van der Waals surface area contributed by atoms with Crippen molar-refractivity contribution in [3.63, 3.8) is 0 Å². The summed E-state index contributed by atoms with van der Waals surface area (Å²) in [7, 11) is 1.50. The summed E-state index contributed by atoms with van der Waals surface area (Å²) in [6, 6.07) is 23.9. The minimum Gasteiger partial charge on any atom is -0.412 e. The van der Waals surface area contributed by atoms with Gasteiger partial charge in [0.1, 0.15) is 5.82 Å². The lowest BCUT2D eigenvalue weighted by atomic mass is 9.99. The number of aromatic nitrogens is 1. The fourth-order valence-corrected chi connectivity index (χ4v) is 3.33. The summed E-state index contributed by atoms with van der Waals surface area (Å²) in [5.41, 5.74) is 11.4. The van der Waals surface area contributed by atoms with Gasteiger partial charge in [0.2, 0.25) is 0 Å². The van der Waals surface area contributed by atoms with Crippen molar-refractivity contribution in [3.8, 4) is 22.4 Å². The number of hydrogen-bond donors (Lipinski definition) is 2. The average molecular weight is 378 g/mol. The van der Waals surface area contributed by atoms with E-state index in [2.05, 4.69) is 66.2 Å². The first-order valence-corrected chi connectivity index (χ1v) is 9.29. The van der Waals surface area contributed by atoms with Gasteiger partial charge in [-0.05, 0) is 72.1 Å². The molecule has 0 aliphatic carbocycles. The molecular formula is C24H27FN2O. The van der Waals surface area contributed by atoms with Crippen molar-refractivity contribution in [1.29, 1.82) is 0 Å². The first-order chi connectivity index (χ1) is 13.2. The minimum absolute atomic E-state index is 0. The lowest BCUT2D eigenvalue weighted by molar-refractivity contribution is 0.628. The maximum absolute atomic E-state index is 13.2. The predicted molar refractivity (Wildman–Crippen MR) is 117 cm³/mol. The van der Waals surface area contributed by atoms with Crippen LogP contribution in [-0.4, -0.2) is 17.5 Å². The van der Waals surface area contributed by atoms with Crippen LogP contribution >= 0.6 is 0 Å². The largest absolute Gasteiger partial charge is 0.412 e. The molecule has 5 N–H and O–H groups in total. The van der Waals surface area contributed by atoms with Crippen LogP contribution in [0, 0.1) is 5.82 Å². The zero-order valence-corrected chi connectivity index (χ0v) is 16.3. The number of aromatic amines is 1. The highest BCUT2D eigenvalue weighted by Crippen LogP contribution is 2.32. The van der Waals surface area contributed by atoms with E-state index < -0.39 is 0 Å². The van der Waals surface area contributed by atoms with Crippen LogP contribution in [0.15, 0.2) is 72.8 Å². The van der Waals surface area contributed by atoms with Crippen LogP contribution in [0.1, 0.15) is 18.9 Å². The second-order valence-corrected chi connectivity index (χ2v) is 6.40. The number of hydrogen-bond acceptors (Lipinski definition) is 1. The SMILES string of the molecule is CCCc1ccc(-c2cccc3[nH]c(-c4ccc(F)cc4)cc23)cc1.CN.O. The van der Waals surface area contributed by atoms with Gasteiger partial charge in [-0.1, -0.05) is 49.7 Å². The van der Waals surface area contributed by atoms with Gasteiger partial charge in [0.25, 0.3) is 0 Å². The Morgan fingerprint density at radius 2 is 1.50 bits per heavy atom. The topological polar surface area (TPSA) is 73.3 Å². The van der Waals surface area contributed by atoms with E-state index in [1.807, 2.05) is 0 Å². The number of rotatable bonds is 4. The van der Waals surface area contributed by atoms with Crippen molar-refractivity contribution in [2.24, 2.45) is 5.73 Å². The van der Waals surface area contributed by atoms with Crippen LogP contribution in [0.5, 0.6) is 0 Å². The van der Waals surface area contributed by atoms with Crippen LogP contribution < -0.4 is 5.73 Å².